The predicted molar refractivity (Wildman–Crippen MR) is 98.3 cm³/mol. The molecule has 0 heterocycles. The second-order valence-electron chi connectivity index (χ2n) is 6.66. The highest BCUT2D eigenvalue weighted by Crippen LogP contribution is 2.21. The van der Waals surface area contributed by atoms with E-state index in [9.17, 15) is 31.2 Å². The Labute approximate surface area is 165 Å². The lowest BCUT2D eigenvalue weighted by molar-refractivity contribution is -0.120. The van der Waals surface area contributed by atoms with Crippen LogP contribution in [0.1, 0.15) is 36.0 Å². The smallest absolute Gasteiger partial charge is 0.258 e. The first kappa shape index (κ1) is 21.0. The zero-order valence-corrected chi connectivity index (χ0v) is 15.9. The molecule has 6 nitrogen and oxygen atoms in total. The van der Waals surface area contributed by atoms with E-state index in [4.69, 9.17) is 0 Å². The Bertz CT molecular complexity index is 1060. The Morgan fingerprint density at radius 1 is 0.931 bits per heavy atom. The number of amides is 1. The second kappa shape index (κ2) is 8.34. The molecule has 0 unspecified atom stereocenters. The normalized spacial score (nSPS) is 15.3. The van der Waals surface area contributed by atoms with Gasteiger partial charge in [-0.15, -0.1) is 0 Å². The number of hydrogen-bond acceptors (Lipinski definition) is 4. The number of carbonyl (C=O) groups is 2. The highest BCUT2D eigenvalue weighted by atomic mass is 32.2. The summed E-state index contributed by atoms with van der Waals surface area (Å²) in [5.41, 5.74) is -0.692. The van der Waals surface area contributed by atoms with Crippen LogP contribution in [0.2, 0.25) is 0 Å². The SMILES string of the molecule is O=C1CCC(NS(=O)(=O)c2ccc(F)c(C(=O)Nc3ccc(F)c(F)c3)c2)CC1. The molecule has 0 bridgehead atoms. The first-order valence-corrected chi connectivity index (χ1v) is 10.2. The first-order chi connectivity index (χ1) is 13.7. The standard InChI is InChI=1S/C19H17F3N2O4S/c20-16-8-6-14(29(27,28)24-11-1-4-13(25)5-2-11)10-15(16)19(26)23-12-3-7-17(21)18(22)9-12/h3,6-11,24H,1-2,4-5H2,(H,23,26). The molecule has 2 aromatic carbocycles. The zero-order chi connectivity index (χ0) is 21.2. The molecule has 0 aliphatic heterocycles. The van der Waals surface area contributed by atoms with Gasteiger partial charge in [0.25, 0.3) is 5.91 Å². The number of Topliss-reactive ketones (excluding diaryl/α,β-unsaturated/α-hetero) is 1. The lowest BCUT2D eigenvalue weighted by atomic mass is 9.95. The van der Waals surface area contributed by atoms with Crippen molar-refractivity contribution >= 4 is 27.4 Å². The molecule has 0 spiro atoms. The fourth-order valence-corrected chi connectivity index (χ4v) is 4.29. The van der Waals surface area contributed by atoms with Crippen LogP contribution in [0.25, 0.3) is 0 Å². The van der Waals surface area contributed by atoms with Crippen molar-refractivity contribution in [3.05, 3.63) is 59.4 Å². The Hall–Kier alpha value is -2.72. The third kappa shape index (κ3) is 5.01. The van der Waals surface area contributed by atoms with Gasteiger partial charge >= 0.3 is 0 Å². The molecule has 0 aromatic heterocycles. The molecular weight excluding hydrogens is 409 g/mol. The van der Waals surface area contributed by atoms with Crippen molar-refractivity contribution in [1.82, 2.24) is 4.72 Å². The molecule has 0 radical (unpaired) electrons. The second-order valence-corrected chi connectivity index (χ2v) is 8.37. The quantitative estimate of drug-likeness (QED) is 0.768. The Kier molecular flexibility index (Phi) is 6.04. The average Bonchev–Trinajstić information content (AvgIpc) is 2.66. The molecule has 1 amide bonds. The summed E-state index contributed by atoms with van der Waals surface area (Å²) in [6, 6.07) is 4.88. The third-order valence-corrected chi connectivity index (χ3v) is 6.05. The van der Waals surface area contributed by atoms with Gasteiger partial charge in [-0.25, -0.2) is 26.3 Å². The molecule has 1 saturated carbocycles. The summed E-state index contributed by atoms with van der Waals surface area (Å²) >= 11 is 0. The number of nitrogens with one attached hydrogen (secondary N) is 2. The van der Waals surface area contributed by atoms with E-state index in [0.717, 1.165) is 36.4 Å². The Morgan fingerprint density at radius 3 is 2.24 bits per heavy atom. The van der Waals surface area contributed by atoms with E-state index in [1.54, 1.807) is 0 Å². The number of carbonyl (C=O) groups excluding carboxylic acids is 2. The van der Waals surface area contributed by atoms with E-state index in [-0.39, 0.29) is 29.2 Å². The molecule has 154 valence electrons. The number of hydrogen-bond donors (Lipinski definition) is 2. The number of ketones is 1. The summed E-state index contributed by atoms with van der Waals surface area (Å²) in [4.78, 5) is 23.3. The van der Waals surface area contributed by atoms with Gasteiger partial charge in [-0.2, -0.15) is 0 Å². The lowest BCUT2D eigenvalue weighted by Gasteiger charge is -2.22. The van der Waals surface area contributed by atoms with Gasteiger partial charge in [0.1, 0.15) is 11.6 Å². The van der Waals surface area contributed by atoms with Gasteiger partial charge in [-0.05, 0) is 43.2 Å². The molecule has 1 aliphatic carbocycles. The largest absolute Gasteiger partial charge is 0.322 e. The van der Waals surface area contributed by atoms with Crippen molar-refractivity contribution in [2.75, 3.05) is 5.32 Å². The number of rotatable bonds is 5. The van der Waals surface area contributed by atoms with Gasteiger partial charge in [0.2, 0.25) is 10.0 Å². The van der Waals surface area contributed by atoms with Gasteiger partial charge in [0.15, 0.2) is 11.6 Å². The number of anilines is 1. The van der Waals surface area contributed by atoms with Crippen LogP contribution in [0.15, 0.2) is 41.3 Å². The van der Waals surface area contributed by atoms with Crippen LogP contribution in [0, 0.1) is 17.5 Å². The van der Waals surface area contributed by atoms with Crippen LogP contribution in [-0.4, -0.2) is 26.2 Å². The highest BCUT2D eigenvalue weighted by Gasteiger charge is 2.26. The Morgan fingerprint density at radius 2 is 1.59 bits per heavy atom. The number of benzene rings is 2. The first-order valence-electron chi connectivity index (χ1n) is 8.76. The molecule has 2 aromatic rings. The summed E-state index contributed by atoms with van der Waals surface area (Å²) in [5, 5.41) is 2.19. The maximum absolute atomic E-state index is 14.1. The van der Waals surface area contributed by atoms with Crippen molar-refractivity contribution in [3.63, 3.8) is 0 Å². The van der Waals surface area contributed by atoms with Crippen LogP contribution in [-0.2, 0) is 14.8 Å². The molecular formula is C19H17F3N2O4S. The minimum Gasteiger partial charge on any atom is -0.322 e. The summed E-state index contributed by atoms with van der Waals surface area (Å²) in [6.07, 6.45) is 1.28. The maximum Gasteiger partial charge on any atom is 0.258 e. The van der Waals surface area contributed by atoms with Crippen molar-refractivity contribution < 1.29 is 31.2 Å². The predicted octanol–water partition coefficient (Wildman–Crippen LogP) is 3.15. The summed E-state index contributed by atoms with van der Waals surface area (Å²) in [5.74, 6) is -4.24. The highest BCUT2D eigenvalue weighted by molar-refractivity contribution is 7.89. The summed E-state index contributed by atoms with van der Waals surface area (Å²) in [7, 11) is -4.05. The average molecular weight is 426 g/mol. The van der Waals surface area contributed by atoms with Crippen LogP contribution in [0.3, 0.4) is 0 Å². The van der Waals surface area contributed by atoms with E-state index >= 15 is 0 Å². The minimum absolute atomic E-state index is 0.0680. The molecule has 29 heavy (non-hydrogen) atoms. The fourth-order valence-electron chi connectivity index (χ4n) is 2.96. The van der Waals surface area contributed by atoms with Crippen LogP contribution < -0.4 is 10.0 Å². The maximum atomic E-state index is 14.1. The molecule has 1 fully saturated rings. The molecule has 2 N–H and O–H groups in total. The molecule has 1 aliphatic rings. The topological polar surface area (TPSA) is 92.3 Å². The van der Waals surface area contributed by atoms with Crippen molar-refractivity contribution in [1.29, 1.82) is 0 Å². The zero-order valence-electron chi connectivity index (χ0n) is 15.0. The van der Waals surface area contributed by atoms with Crippen molar-refractivity contribution in [2.24, 2.45) is 0 Å². The lowest BCUT2D eigenvalue weighted by Crippen LogP contribution is -2.37. The molecule has 0 saturated heterocycles. The fraction of sp³-hybridized carbons (Fsp3) is 0.263. The van der Waals surface area contributed by atoms with Gasteiger partial charge in [0.05, 0.1) is 10.5 Å². The molecule has 3 rings (SSSR count). The minimum atomic E-state index is -4.05. The number of halogens is 3. The summed E-state index contributed by atoms with van der Waals surface area (Å²) in [6.45, 7) is 0. The van der Waals surface area contributed by atoms with Gasteiger partial charge in [-0.1, -0.05) is 0 Å². The van der Waals surface area contributed by atoms with E-state index in [0.29, 0.717) is 12.8 Å². The van der Waals surface area contributed by atoms with E-state index < -0.39 is 45.0 Å². The Balaban J connectivity index is 1.80. The van der Waals surface area contributed by atoms with Crippen molar-refractivity contribution in [2.45, 2.75) is 36.6 Å². The van der Waals surface area contributed by atoms with Crippen LogP contribution >= 0.6 is 0 Å². The number of sulfonamides is 1. The third-order valence-electron chi connectivity index (χ3n) is 4.54. The van der Waals surface area contributed by atoms with Crippen LogP contribution in [0.5, 0.6) is 0 Å². The van der Waals surface area contributed by atoms with E-state index in [2.05, 4.69) is 10.0 Å². The van der Waals surface area contributed by atoms with E-state index in [1.165, 1.54) is 0 Å². The van der Waals surface area contributed by atoms with Gasteiger partial charge in [-0.3, -0.25) is 9.59 Å². The van der Waals surface area contributed by atoms with Gasteiger partial charge < -0.3 is 5.32 Å². The summed E-state index contributed by atoms with van der Waals surface area (Å²) < 4.78 is 67.9. The van der Waals surface area contributed by atoms with Gasteiger partial charge in [0, 0.05) is 30.6 Å². The van der Waals surface area contributed by atoms with Crippen molar-refractivity contribution in [3.8, 4) is 0 Å². The van der Waals surface area contributed by atoms with E-state index in [1.807, 2.05) is 0 Å². The van der Waals surface area contributed by atoms with Crippen LogP contribution in [0.4, 0.5) is 18.9 Å². The monoisotopic (exact) mass is 426 g/mol. The molecule has 10 heteroatoms. The molecule has 0 atom stereocenters.